The number of oxazole rings is 1. The predicted molar refractivity (Wildman–Crippen MR) is 119 cm³/mol. The SMILES string of the molecule is CN=C(NCc1ncc(C(C)(C)C)o1)NCc1ccccc1OCc1ccccc1. The van der Waals surface area contributed by atoms with Gasteiger partial charge in [-0.2, -0.15) is 0 Å². The van der Waals surface area contributed by atoms with E-state index in [0.29, 0.717) is 31.5 Å². The molecular formula is C24H30N4O2. The second-order valence-electron chi connectivity index (χ2n) is 8.03. The van der Waals surface area contributed by atoms with E-state index in [0.717, 1.165) is 22.6 Å². The molecule has 0 aliphatic heterocycles. The number of nitrogens with one attached hydrogen (secondary N) is 2. The maximum absolute atomic E-state index is 6.03. The van der Waals surface area contributed by atoms with E-state index in [1.165, 1.54) is 0 Å². The molecule has 0 fully saturated rings. The molecule has 0 amide bonds. The molecule has 0 aliphatic rings. The van der Waals surface area contributed by atoms with Gasteiger partial charge in [-0.3, -0.25) is 4.99 Å². The lowest BCUT2D eigenvalue weighted by molar-refractivity contribution is 0.302. The van der Waals surface area contributed by atoms with E-state index in [1.807, 2.05) is 42.5 Å². The number of guanidine groups is 1. The Hall–Kier alpha value is -3.28. The highest BCUT2D eigenvalue weighted by atomic mass is 16.5. The Kier molecular flexibility index (Phi) is 7.12. The highest BCUT2D eigenvalue weighted by Gasteiger charge is 2.19. The van der Waals surface area contributed by atoms with Crippen molar-refractivity contribution in [2.24, 2.45) is 4.99 Å². The van der Waals surface area contributed by atoms with Crippen molar-refractivity contribution in [1.29, 1.82) is 0 Å². The third kappa shape index (κ3) is 6.11. The summed E-state index contributed by atoms with van der Waals surface area (Å²) in [7, 11) is 1.74. The largest absolute Gasteiger partial charge is 0.489 e. The highest BCUT2D eigenvalue weighted by molar-refractivity contribution is 5.79. The van der Waals surface area contributed by atoms with Crippen LogP contribution < -0.4 is 15.4 Å². The van der Waals surface area contributed by atoms with Crippen molar-refractivity contribution in [3.63, 3.8) is 0 Å². The lowest BCUT2D eigenvalue weighted by atomic mass is 9.94. The smallest absolute Gasteiger partial charge is 0.213 e. The van der Waals surface area contributed by atoms with Crippen LogP contribution in [0.2, 0.25) is 0 Å². The number of aromatic nitrogens is 1. The number of ether oxygens (including phenoxy) is 1. The first kappa shape index (κ1) is 21.4. The Balaban J connectivity index is 1.54. The molecule has 0 atom stereocenters. The van der Waals surface area contributed by atoms with Crippen molar-refractivity contribution < 1.29 is 9.15 Å². The third-order valence-electron chi connectivity index (χ3n) is 4.58. The van der Waals surface area contributed by atoms with Crippen LogP contribution in [-0.2, 0) is 25.1 Å². The monoisotopic (exact) mass is 406 g/mol. The van der Waals surface area contributed by atoms with Crippen LogP contribution in [0.1, 0.15) is 43.5 Å². The summed E-state index contributed by atoms with van der Waals surface area (Å²) in [4.78, 5) is 8.62. The highest BCUT2D eigenvalue weighted by Crippen LogP contribution is 2.22. The maximum Gasteiger partial charge on any atom is 0.213 e. The molecule has 0 saturated heterocycles. The Morgan fingerprint density at radius 2 is 1.70 bits per heavy atom. The fourth-order valence-electron chi connectivity index (χ4n) is 2.82. The summed E-state index contributed by atoms with van der Waals surface area (Å²) in [6, 6.07) is 18.2. The summed E-state index contributed by atoms with van der Waals surface area (Å²) in [6.45, 7) is 7.88. The van der Waals surface area contributed by atoms with E-state index in [4.69, 9.17) is 9.15 Å². The number of rotatable bonds is 7. The van der Waals surface area contributed by atoms with Crippen molar-refractivity contribution in [3.05, 3.63) is 83.6 Å². The molecule has 0 aliphatic carbocycles. The van der Waals surface area contributed by atoms with Crippen LogP contribution in [0, 0.1) is 0 Å². The summed E-state index contributed by atoms with van der Waals surface area (Å²) < 4.78 is 11.9. The number of aliphatic imine (C=N–C) groups is 1. The summed E-state index contributed by atoms with van der Waals surface area (Å²) in [5, 5.41) is 6.56. The van der Waals surface area contributed by atoms with Gasteiger partial charge in [0, 0.05) is 24.6 Å². The predicted octanol–water partition coefficient (Wildman–Crippen LogP) is 4.42. The van der Waals surface area contributed by atoms with Gasteiger partial charge in [0.2, 0.25) is 5.89 Å². The maximum atomic E-state index is 6.03. The van der Waals surface area contributed by atoms with E-state index in [-0.39, 0.29) is 5.41 Å². The van der Waals surface area contributed by atoms with Gasteiger partial charge in [0.05, 0.1) is 12.7 Å². The van der Waals surface area contributed by atoms with Crippen molar-refractivity contribution in [3.8, 4) is 5.75 Å². The number of hydrogen-bond acceptors (Lipinski definition) is 4. The molecular weight excluding hydrogens is 376 g/mol. The quantitative estimate of drug-likeness (QED) is 0.449. The molecule has 0 spiro atoms. The first-order valence-electron chi connectivity index (χ1n) is 10.1. The molecule has 2 aromatic carbocycles. The van der Waals surface area contributed by atoms with Crippen LogP contribution in [0.3, 0.4) is 0 Å². The Bertz CT molecular complexity index is 959. The minimum absolute atomic E-state index is 0.0609. The van der Waals surface area contributed by atoms with Gasteiger partial charge in [-0.25, -0.2) is 4.98 Å². The Morgan fingerprint density at radius 1 is 1.00 bits per heavy atom. The average molecular weight is 407 g/mol. The van der Waals surface area contributed by atoms with Gasteiger partial charge < -0.3 is 19.8 Å². The van der Waals surface area contributed by atoms with Gasteiger partial charge in [0.25, 0.3) is 0 Å². The molecule has 2 N–H and O–H groups in total. The van der Waals surface area contributed by atoms with E-state index in [2.05, 4.69) is 53.5 Å². The minimum atomic E-state index is -0.0609. The molecule has 0 saturated carbocycles. The van der Waals surface area contributed by atoms with Gasteiger partial charge in [-0.15, -0.1) is 0 Å². The Labute approximate surface area is 178 Å². The normalized spacial score (nSPS) is 11.9. The van der Waals surface area contributed by atoms with Crippen molar-refractivity contribution in [2.75, 3.05) is 7.05 Å². The van der Waals surface area contributed by atoms with Crippen LogP contribution in [0.5, 0.6) is 5.75 Å². The summed E-state index contributed by atoms with van der Waals surface area (Å²) >= 11 is 0. The molecule has 0 radical (unpaired) electrons. The number of hydrogen-bond donors (Lipinski definition) is 2. The fraction of sp³-hybridized carbons (Fsp3) is 0.333. The number of para-hydroxylation sites is 1. The van der Waals surface area contributed by atoms with E-state index >= 15 is 0 Å². The zero-order valence-corrected chi connectivity index (χ0v) is 18.1. The van der Waals surface area contributed by atoms with Crippen LogP contribution in [0.15, 0.2) is 70.2 Å². The molecule has 158 valence electrons. The van der Waals surface area contributed by atoms with E-state index < -0.39 is 0 Å². The van der Waals surface area contributed by atoms with E-state index in [9.17, 15) is 0 Å². The van der Waals surface area contributed by atoms with Gasteiger partial charge >= 0.3 is 0 Å². The van der Waals surface area contributed by atoms with Gasteiger partial charge in [-0.1, -0.05) is 69.3 Å². The van der Waals surface area contributed by atoms with Gasteiger partial charge in [0.15, 0.2) is 5.96 Å². The molecule has 6 nitrogen and oxygen atoms in total. The first-order valence-corrected chi connectivity index (χ1v) is 10.1. The molecule has 30 heavy (non-hydrogen) atoms. The Morgan fingerprint density at radius 3 is 2.40 bits per heavy atom. The molecule has 3 rings (SSSR count). The second kappa shape index (κ2) is 9.96. The second-order valence-corrected chi connectivity index (χ2v) is 8.03. The first-order chi connectivity index (χ1) is 14.5. The summed E-state index contributed by atoms with van der Waals surface area (Å²) in [6.07, 6.45) is 1.79. The fourth-order valence-corrected chi connectivity index (χ4v) is 2.82. The van der Waals surface area contributed by atoms with E-state index in [1.54, 1.807) is 13.2 Å². The van der Waals surface area contributed by atoms with Crippen molar-refractivity contribution >= 4 is 5.96 Å². The van der Waals surface area contributed by atoms with Gasteiger partial charge in [0.1, 0.15) is 18.1 Å². The van der Waals surface area contributed by atoms with Crippen LogP contribution >= 0.6 is 0 Å². The molecule has 1 aromatic heterocycles. The number of benzene rings is 2. The standard InChI is InChI=1S/C24H30N4O2/c1-24(2,3)21-15-26-22(30-21)16-28-23(25-4)27-14-19-12-8-9-13-20(19)29-17-18-10-6-5-7-11-18/h5-13,15H,14,16-17H2,1-4H3,(H2,25,27,28). The van der Waals surface area contributed by atoms with Crippen molar-refractivity contribution in [1.82, 2.24) is 15.6 Å². The van der Waals surface area contributed by atoms with Gasteiger partial charge in [-0.05, 0) is 11.6 Å². The lowest BCUT2D eigenvalue weighted by Crippen LogP contribution is -2.36. The molecule has 3 aromatic rings. The van der Waals surface area contributed by atoms with Crippen LogP contribution in [-0.4, -0.2) is 18.0 Å². The molecule has 6 heteroatoms. The zero-order valence-electron chi connectivity index (χ0n) is 18.1. The van der Waals surface area contributed by atoms with Crippen LogP contribution in [0.25, 0.3) is 0 Å². The number of nitrogens with zero attached hydrogens (tertiary/aromatic N) is 2. The lowest BCUT2D eigenvalue weighted by Gasteiger charge is -2.15. The molecule has 0 bridgehead atoms. The molecule has 1 heterocycles. The summed E-state index contributed by atoms with van der Waals surface area (Å²) in [5.41, 5.74) is 2.13. The third-order valence-corrected chi connectivity index (χ3v) is 4.58. The topological polar surface area (TPSA) is 71.7 Å². The van der Waals surface area contributed by atoms with Crippen molar-refractivity contribution in [2.45, 2.75) is 45.9 Å². The minimum Gasteiger partial charge on any atom is -0.489 e. The average Bonchev–Trinajstić information content (AvgIpc) is 3.23. The van der Waals surface area contributed by atoms with Crippen LogP contribution in [0.4, 0.5) is 0 Å². The zero-order chi connectivity index (χ0) is 21.4. The molecule has 0 unspecified atom stereocenters. The summed E-state index contributed by atoms with van der Waals surface area (Å²) in [5.74, 6) is 3.02.